The van der Waals surface area contributed by atoms with Crippen molar-refractivity contribution in [1.82, 2.24) is 24.6 Å². The number of benzene rings is 1. The maximum Gasteiger partial charge on any atom is 0.320 e. The van der Waals surface area contributed by atoms with Crippen LogP contribution in [0.1, 0.15) is 29.9 Å². The van der Waals surface area contributed by atoms with E-state index in [0.29, 0.717) is 31.6 Å². The van der Waals surface area contributed by atoms with Gasteiger partial charge in [0.05, 0.1) is 38.6 Å². The smallest absolute Gasteiger partial charge is 0.320 e. The van der Waals surface area contributed by atoms with E-state index in [0.717, 1.165) is 73.5 Å². The normalized spacial score (nSPS) is 25.5. The van der Waals surface area contributed by atoms with Crippen molar-refractivity contribution in [2.45, 2.75) is 37.9 Å². The minimum absolute atomic E-state index is 0.139. The number of methoxy groups -OCH3 is 1. The number of ether oxygens (including phenoxy) is 3. The van der Waals surface area contributed by atoms with Gasteiger partial charge in [0, 0.05) is 49.7 Å². The summed E-state index contributed by atoms with van der Waals surface area (Å²) in [5.74, 6) is 1.27. The fourth-order valence-corrected chi connectivity index (χ4v) is 5.76. The van der Waals surface area contributed by atoms with E-state index < -0.39 is 6.17 Å². The van der Waals surface area contributed by atoms with Gasteiger partial charge in [-0.1, -0.05) is 0 Å². The highest BCUT2D eigenvalue weighted by Gasteiger charge is 2.35. The molecule has 0 N–H and O–H groups in total. The van der Waals surface area contributed by atoms with Gasteiger partial charge in [0.25, 0.3) is 0 Å². The van der Waals surface area contributed by atoms with Gasteiger partial charge in [-0.2, -0.15) is 15.1 Å². The largest absolute Gasteiger partial charge is 0.467 e. The van der Waals surface area contributed by atoms with Crippen molar-refractivity contribution in [2.24, 2.45) is 0 Å². The van der Waals surface area contributed by atoms with Crippen molar-refractivity contribution >= 4 is 16.7 Å². The standard InChI is InChI=1S/C26H33FN6O3/c1-17-11-18-14-28-33(25-13-24(29-26(30-25)34-2)31-6-9-35-10-7-31)23(18)12-21(17)20-3-5-32(15-22(20)27)19-4-8-36-16-19/h11-14,19-20,22H,3-10,15-16H2,1-2H3. The molecule has 3 aliphatic heterocycles. The fourth-order valence-electron chi connectivity index (χ4n) is 5.76. The third-order valence-corrected chi connectivity index (χ3v) is 7.76. The molecule has 9 nitrogen and oxygen atoms in total. The van der Waals surface area contributed by atoms with Gasteiger partial charge in [-0.3, -0.25) is 4.90 Å². The number of alkyl halides is 1. The highest BCUT2D eigenvalue weighted by molar-refractivity contribution is 5.82. The lowest BCUT2D eigenvalue weighted by atomic mass is 9.84. The lowest BCUT2D eigenvalue weighted by molar-refractivity contribution is 0.0728. The number of morpholine rings is 1. The number of aromatic nitrogens is 4. The molecule has 0 amide bonds. The highest BCUT2D eigenvalue weighted by atomic mass is 19.1. The predicted molar refractivity (Wildman–Crippen MR) is 134 cm³/mol. The van der Waals surface area contributed by atoms with E-state index >= 15 is 4.39 Å². The molecule has 0 radical (unpaired) electrons. The van der Waals surface area contributed by atoms with Crippen molar-refractivity contribution in [3.05, 3.63) is 35.5 Å². The van der Waals surface area contributed by atoms with Crippen LogP contribution in [0, 0.1) is 6.92 Å². The van der Waals surface area contributed by atoms with Gasteiger partial charge in [0.15, 0.2) is 5.82 Å². The molecule has 5 heterocycles. The Labute approximate surface area is 210 Å². The Bertz CT molecular complexity index is 1220. The first-order chi connectivity index (χ1) is 17.6. The summed E-state index contributed by atoms with van der Waals surface area (Å²) in [5, 5.41) is 5.65. The van der Waals surface area contributed by atoms with E-state index in [-0.39, 0.29) is 11.9 Å². The Hall–Kier alpha value is -2.82. The van der Waals surface area contributed by atoms with Crippen molar-refractivity contribution in [3.63, 3.8) is 0 Å². The Morgan fingerprint density at radius 1 is 1.00 bits per heavy atom. The SMILES string of the molecule is COc1nc(N2CCOCC2)cc(-n2ncc3cc(C)c(C4CCN(C5CCOC5)CC4F)cc32)n1. The molecule has 3 saturated heterocycles. The summed E-state index contributed by atoms with van der Waals surface area (Å²) in [7, 11) is 1.57. The van der Waals surface area contributed by atoms with Gasteiger partial charge >= 0.3 is 6.01 Å². The molecule has 3 fully saturated rings. The Balaban J connectivity index is 1.33. The second-order valence-electron chi connectivity index (χ2n) is 9.92. The minimum Gasteiger partial charge on any atom is -0.467 e. The number of fused-ring (bicyclic) bond motifs is 1. The molecule has 3 aromatic rings. The molecule has 10 heteroatoms. The van der Waals surface area contributed by atoms with Crippen molar-refractivity contribution in [2.75, 3.05) is 64.6 Å². The molecule has 0 saturated carbocycles. The zero-order valence-electron chi connectivity index (χ0n) is 20.9. The molecular formula is C26H33FN6O3. The van der Waals surface area contributed by atoms with Crippen molar-refractivity contribution in [1.29, 1.82) is 0 Å². The molecule has 0 spiro atoms. The Kier molecular flexibility index (Phi) is 6.49. The summed E-state index contributed by atoms with van der Waals surface area (Å²) in [4.78, 5) is 13.6. The number of aryl methyl sites for hydroxylation is 1. The number of rotatable bonds is 5. The van der Waals surface area contributed by atoms with E-state index in [1.807, 2.05) is 16.9 Å². The second-order valence-corrected chi connectivity index (χ2v) is 9.92. The average Bonchev–Trinajstić information content (AvgIpc) is 3.59. The van der Waals surface area contributed by atoms with Crippen LogP contribution in [0.3, 0.4) is 0 Å². The summed E-state index contributed by atoms with van der Waals surface area (Å²) in [6.07, 6.45) is 2.71. The van der Waals surface area contributed by atoms with Gasteiger partial charge in [-0.05, 0) is 49.6 Å². The molecule has 1 aromatic carbocycles. The first-order valence-electron chi connectivity index (χ1n) is 12.8. The first-order valence-corrected chi connectivity index (χ1v) is 12.8. The molecule has 36 heavy (non-hydrogen) atoms. The van der Waals surface area contributed by atoms with Crippen LogP contribution in [0.2, 0.25) is 0 Å². The Morgan fingerprint density at radius 2 is 1.83 bits per heavy atom. The van der Waals surface area contributed by atoms with E-state index in [2.05, 4.69) is 43.9 Å². The second kappa shape index (κ2) is 9.91. The number of piperidine rings is 1. The van der Waals surface area contributed by atoms with Gasteiger partial charge < -0.3 is 19.1 Å². The zero-order valence-corrected chi connectivity index (χ0v) is 20.9. The van der Waals surface area contributed by atoms with Crippen LogP contribution >= 0.6 is 0 Å². The topological polar surface area (TPSA) is 77.8 Å². The molecule has 192 valence electrons. The van der Waals surface area contributed by atoms with Crippen LogP contribution in [-0.2, 0) is 9.47 Å². The van der Waals surface area contributed by atoms with Crippen LogP contribution < -0.4 is 9.64 Å². The van der Waals surface area contributed by atoms with Crippen LogP contribution in [-0.4, -0.2) is 96.6 Å². The van der Waals surface area contributed by atoms with E-state index in [1.165, 1.54) is 0 Å². The number of hydrogen-bond acceptors (Lipinski definition) is 8. The molecule has 6 rings (SSSR count). The molecular weight excluding hydrogens is 463 g/mol. The number of hydrogen-bond donors (Lipinski definition) is 0. The quantitative estimate of drug-likeness (QED) is 0.534. The summed E-state index contributed by atoms with van der Waals surface area (Å²) in [6, 6.07) is 6.78. The summed E-state index contributed by atoms with van der Waals surface area (Å²) < 4.78 is 33.8. The fraction of sp³-hybridized carbons (Fsp3) is 0.577. The highest BCUT2D eigenvalue weighted by Crippen LogP contribution is 2.36. The van der Waals surface area contributed by atoms with Gasteiger partial charge in [0.1, 0.15) is 12.0 Å². The average molecular weight is 497 g/mol. The molecule has 2 aromatic heterocycles. The predicted octanol–water partition coefficient (Wildman–Crippen LogP) is 2.89. The zero-order chi connectivity index (χ0) is 24.6. The van der Waals surface area contributed by atoms with Crippen LogP contribution in [0.15, 0.2) is 24.4 Å². The van der Waals surface area contributed by atoms with Gasteiger partial charge in [-0.15, -0.1) is 0 Å². The molecule has 3 atom stereocenters. The molecule has 3 aliphatic rings. The minimum atomic E-state index is -0.918. The monoisotopic (exact) mass is 496 g/mol. The van der Waals surface area contributed by atoms with Gasteiger partial charge in [-0.25, -0.2) is 9.07 Å². The van der Waals surface area contributed by atoms with E-state index in [9.17, 15) is 0 Å². The van der Waals surface area contributed by atoms with Crippen LogP contribution in [0.4, 0.5) is 10.2 Å². The maximum atomic E-state index is 15.6. The molecule has 3 unspecified atom stereocenters. The van der Waals surface area contributed by atoms with Crippen LogP contribution in [0.25, 0.3) is 16.7 Å². The summed E-state index contributed by atoms with van der Waals surface area (Å²) in [5.41, 5.74) is 3.05. The lowest BCUT2D eigenvalue weighted by Crippen LogP contribution is -2.46. The number of nitrogens with zero attached hydrogens (tertiary/aromatic N) is 6. The summed E-state index contributed by atoms with van der Waals surface area (Å²) >= 11 is 0. The molecule has 0 bridgehead atoms. The lowest BCUT2D eigenvalue weighted by Gasteiger charge is -2.38. The van der Waals surface area contributed by atoms with Gasteiger partial charge in [0.2, 0.25) is 0 Å². The van der Waals surface area contributed by atoms with Crippen molar-refractivity contribution in [3.8, 4) is 11.8 Å². The Morgan fingerprint density at radius 3 is 2.58 bits per heavy atom. The van der Waals surface area contributed by atoms with E-state index in [1.54, 1.807) is 7.11 Å². The van der Waals surface area contributed by atoms with Crippen LogP contribution in [0.5, 0.6) is 6.01 Å². The third kappa shape index (κ3) is 4.42. The maximum absolute atomic E-state index is 15.6. The molecule has 0 aliphatic carbocycles. The third-order valence-electron chi connectivity index (χ3n) is 7.76. The number of anilines is 1. The van der Waals surface area contributed by atoms with Crippen molar-refractivity contribution < 1.29 is 18.6 Å². The number of halogens is 1. The summed E-state index contributed by atoms with van der Waals surface area (Å²) in [6.45, 7) is 7.75. The van der Waals surface area contributed by atoms with E-state index in [4.69, 9.17) is 14.2 Å². The first kappa shape index (κ1) is 23.6. The number of likely N-dealkylation sites (tertiary alicyclic amines) is 1.